The number of methoxy groups -OCH3 is 1. The van der Waals surface area contributed by atoms with Crippen LogP contribution in [0.4, 0.5) is 5.82 Å². The summed E-state index contributed by atoms with van der Waals surface area (Å²) in [5.41, 5.74) is 0.818. The molecule has 5 heteroatoms. The third-order valence-corrected chi connectivity index (χ3v) is 3.11. The van der Waals surface area contributed by atoms with Crippen LogP contribution in [0.3, 0.4) is 0 Å². The maximum absolute atomic E-state index is 5.67. The van der Waals surface area contributed by atoms with Crippen LogP contribution in [0.1, 0.15) is 12.1 Å². The molecule has 0 bridgehead atoms. The van der Waals surface area contributed by atoms with Crippen molar-refractivity contribution in [3.8, 4) is 0 Å². The van der Waals surface area contributed by atoms with Gasteiger partial charge in [-0.1, -0.05) is 0 Å². The van der Waals surface area contributed by atoms with Crippen molar-refractivity contribution in [3.63, 3.8) is 0 Å². The fourth-order valence-corrected chi connectivity index (χ4v) is 2.13. The minimum atomic E-state index is 0.416. The molecule has 88 valence electrons. The molecule has 2 rings (SSSR count). The molecule has 1 aliphatic rings. The van der Waals surface area contributed by atoms with Crippen LogP contribution in [0.2, 0.25) is 0 Å². The normalized spacial score (nSPS) is 20.4. The summed E-state index contributed by atoms with van der Waals surface area (Å²) in [7, 11) is 1.75. The summed E-state index contributed by atoms with van der Waals surface area (Å²) in [6.07, 6.45) is 4.70. The first-order chi connectivity index (χ1) is 7.83. The lowest BCUT2D eigenvalue weighted by Crippen LogP contribution is -2.22. The molecule has 1 aromatic heterocycles. The summed E-state index contributed by atoms with van der Waals surface area (Å²) in [4.78, 5) is 10.9. The van der Waals surface area contributed by atoms with E-state index in [-0.39, 0.29) is 0 Å². The highest BCUT2D eigenvalue weighted by molar-refractivity contribution is 6.16. The highest BCUT2D eigenvalue weighted by Crippen LogP contribution is 2.21. The summed E-state index contributed by atoms with van der Waals surface area (Å²) in [6.45, 7) is 2.86. The first kappa shape index (κ1) is 11.6. The largest absolute Gasteiger partial charge is 0.384 e. The van der Waals surface area contributed by atoms with Gasteiger partial charge in [0.2, 0.25) is 0 Å². The Hall–Kier alpha value is -0.870. The molecule has 0 saturated carbocycles. The average molecular weight is 242 g/mol. The van der Waals surface area contributed by atoms with Crippen molar-refractivity contribution in [1.82, 2.24) is 9.97 Å². The van der Waals surface area contributed by atoms with Crippen LogP contribution in [0, 0.1) is 5.92 Å². The second-order valence-corrected chi connectivity index (χ2v) is 4.32. The van der Waals surface area contributed by atoms with Gasteiger partial charge in [-0.2, -0.15) is 0 Å². The number of rotatable bonds is 4. The van der Waals surface area contributed by atoms with Crippen LogP contribution >= 0.6 is 11.6 Å². The molecule has 1 unspecified atom stereocenters. The zero-order valence-electron chi connectivity index (χ0n) is 9.40. The summed E-state index contributed by atoms with van der Waals surface area (Å²) in [6, 6.07) is 0. The Balaban J connectivity index is 1.97. The lowest BCUT2D eigenvalue weighted by molar-refractivity contribution is 0.161. The molecule has 1 saturated heterocycles. The van der Waals surface area contributed by atoms with E-state index in [4.69, 9.17) is 16.3 Å². The molecule has 0 aliphatic carbocycles. The summed E-state index contributed by atoms with van der Waals surface area (Å²) in [5.74, 6) is 1.96. The first-order valence-corrected chi connectivity index (χ1v) is 5.97. The van der Waals surface area contributed by atoms with Gasteiger partial charge in [-0.05, 0) is 6.42 Å². The van der Waals surface area contributed by atoms with Crippen molar-refractivity contribution in [2.24, 2.45) is 5.92 Å². The Morgan fingerprint density at radius 1 is 1.50 bits per heavy atom. The highest BCUT2D eigenvalue weighted by atomic mass is 35.5. The van der Waals surface area contributed by atoms with Gasteiger partial charge >= 0.3 is 0 Å². The third-order valence-electron chi connectivity index (χ3n) is 2.84. The van der Waals surface area contributed by atoms with Gasteiger partial charge in [-0.15, -0.1) is 11.6 Å². The second kappa shape index (κ2) is 5.46. The first-order valence-electron chi connectivity index (χ1n) is 5.44. The van der Waals surface area contributed by atoms with E-state index < -0.39 is 0 Å². The number of hydrogen-bond donors (Lipinski definition) is 0. The van der Waals surface area contributed by atoms with Gasteiger partial charge in [0.05, 0.1) is 30.6 Å². The van der Waals surface area contributed by atoms with E-state index in [2.05, 4.69) is 14.9 Å². The zero-order valence-corrected chi connectivity index (χ0v) is 10.2. The van der Waals surface area contributed by atoms with Gasteiger partial charge in [0.15, 0.2) is 0 Å². The van der Waals surface area contributed by atoms with Crippen LogP contribution in [0.25, 0.3) is 0 Å². The molecule has 1 aliphatic heterocycles. The molecule has 0 aromatic carbocycles. The van der Waals surface area contributed by atoms with Crippen LogP contribution in [-0.4, -0.2) is 36.8 Å². The van der Waals surface area contributed by atoms with E-state index in [1.165, 1.54) is 0 Å². The fraction of sp³-hybridized carbons (Fsp3) is 0.636. The van der Waals surface area contributed by atoms with Crippen molar-refractivity contribution in [2.75, 3.05) is 31.7 Å². The van der Waals surface area contributed by atoms with Gasteiger partial charge in [-0.25, -0.2) is 4.98 Å². The van der Waals surface area contributed by atoms with Crippen molar-refractivity contribution < 1.29 is 4.74 Å². The maximum atomic E-state index is 5.67. The molecule has 4 nitrogen and oxygen atoms in total. The number of ether oxygens (including phenoxy) is 1. The molecular formula is C11H16ClN3O. The number of nitrogens with zero attached hydrogens (tertiary/aromatic N) is 3. The SMILES string of the molecule is COCC1CCN(c2cnc(CCl)cn2)C1. The second-order valence-electron chi connectivity index (χ2n) is 4.06. The quantitative estimate of drug-likeness (QED) is 0.752. The molecule has 0 amide bonds. The lowest BCUT2D eigenvalue weighted by atomic mass is 10.1. The standard InChI is InChI=1S/C11H16ClN3O/c1-16-8-9-2-3-15(7-9)11-6-13-10(4-12)5-14-11/h5-6,9H,2-4,7-8H2,1H3. The van der Waals surface area contributed by atoms with Crippen molar-refractivity contribution in [1.29, 1.82) is 0 Å². The van der Waals surface area contributed by atoms with Crippen LogP contribution < -0.4 is 4.90 Å². The van der Waals surface area contributed by atoms with Gasteiger partial charge < -0.3 is 9.64 Å². The Kier molecular flexibility index (Phi) is 3.96. The molecule has 1 fully saturated rings. The maximum Gasteiger partial charge on any atom is 0.147 e. The molecule has 2 heterocycles. The topological polar surface area (TPSA) is 38.2 Å². The van der Waals surface area contributed by atoms with Crippen LogP contribution in [0.15, 0.2) is 12.4 Å². The summed E-state index contributed by atoms with van der Waals surface area (Å²) < 4.78 is 5.17. The number of anilines is 1. The number of aromatic nitrogens is 2. The van der Waals surface area contributed by atoms with Crippen molar-refractivity contribution in [3.05, 3.63) is 18.1 Å². The number of hydrogen-bond acceptors (Lipinski definition) is 4. The summed E-state index contributed by atoms with van der Waals surface area (Å²) in [5, 5.41) is 0. The Labute approximate surface area is 101 Å². The van der Waals surface area contributed by atoms with Crippen LogP contribution in [0.5, 0.6) is 0 Å². The predicted molar refractivity (Wildman–Crippen MR) is 63.8 cm³/mol. The van der Waals surface area contributed by atoms with Gasteiger partial charge in [0.25, 0.3) is 0 Å². The smallest absolute Gasteiger partial charge is 0.147 e. The van der Waals surface area contributed by atoms with Crippen molar-refractivity contribution >= 4 is 17.4 Å². The van der Waals surface area contributed by atoms with Gasteiger partial charge in [-0.3, -0.25) is 4.98 Å². The molecule has 1 atom stereocenters. The van der Waals surface area contributed by atoms with Gasteiger partial charge in [0.1, 0.15) is 5.82 Å². The number of halogens is 1. The fourth-order valence-electron chi connectivity index (χ4n) is 1.99. The molecule has 16 heavy (non-hydrogen) atoms. The lowest BCUT2D eigenvalue weighted by Gasteiger charge is -2.16. The molecule has 0 N–H and O–H groups in total. The van der Waals surface area contributed by atoms with E-state index in [1.54, 1.807) is 19.5 Å². The monoisotopic (exact) mass is 241 g/mol. The molecule has 0 spiro atoms. The van der Waals surface area contributed by atoms with E-state index in [9.17, 15) is 0 Å². The third kappa shape index (κ3) is 2.62. The Morgan fingerprint density at radius 3 is 3.00 bits per heavy atom. The van der Waals surface area contributed by atoms with E-state index in [0.717, 1.165) is 37.6 Å². The molecular weight excluding hydrogens is 226 g/mol. The van der Waals surface area contributed by atoms with E-state index in [1.807, 2.05) is 0 Å². The Bertz CT molecular complexity index is 331. The predicted octanol–water partition coefficient (Wildman–Crippen LogP) is 1.69. The summed E-state index contributed by atoms with van der Waals surface area (Å²) >= 11 is 5.67. The zero-order chi connectivity index (χ0) is 11.4. The van der Waals surface area contributed by atoms with Crippen LogP contribution in [-0.2, 0) is 10.6 Å². The molecule has 0 radical (unpaired) electrons. The van der Waals surface area contributed by atoms with Crippen molar-refractivity contribution in [2.45, 2.75) is 12.3 Å². The Morgan fingerprint density at radius 2 is 2.38 bits per heavy atom. The minimum absolute atomic E-state index is 0.416. The van der Waals surface area contributed by atoms with E-state index >= 15 is 0 Å². The van der Waals surface area contributed by atoms with Gasteiger partial charge in [0, 0.05) is 26.1 Å². The van der Waals surface area contributed by atoms with E-state index in [0.29, 0.717) is 11.8 Å². The highest BCUT2D eigenvalue weighted by Gasteiger charge is 2.23. The number of alkyl halides is 1. The minimum Gasteiger partial charge on any atom is -0.384 e. The molecule has 1 aromatic rings. The average Bonchev–Trinajstić information content (AvgIpc) is 2.78.